The van der Waals surface area contributed by atoms with Crippen LogP contribution in [0.3, 0.4) is 0 Å². The van der Waals surface area contributed by atoms with E-state index in [2.05, 4.69) is 0 Å². The van der Waals surface area contributed by atoms with E-state index < -0.39 is 33.8 Å². The molecule has 0 aliphatic heterocycles. The third-order valence-electron chi connectivity index (χ3n) is 3.40. The molecule has 0 radical (unpaired) electrons. The standard InChI is InChI=1S/C15H14N4O6/c16-10-5-4-9(12(17)7-10)6-15(20)25-8-11-13(18(21)22)2-1-3-14(11)19(23)24/h1-5,7H,6,8,16-17H2. The number of carbonyl (C=O) groups is 1. The number of benzene rings is 2. The Labute approximate surface area is 141 Å². The first-order chi connectivity index (χ1) is 11.8. The van der Waals surface area contributed by atoms with Crippen molar-refractivity contribution < 1.29 is 19.4 Å². The highest BCUT2D eigenvalue weighted by molar-refractivity contribution is 5.76. The van der Waals surface area contributed by atoms with Gasteiger partial charge in [0.1, 0.15) is 12.2 Å². The molecule has 2 rings (SSSR count). The molecule has 10 nitrogen and oxygen atoms in total. The summed E-state index contributed by atoms with van der Waals surface area (Å²) in [5.74, 6) is -0.732. The van der Waals surface area contributed by atoms with Gasteiger partial charge in [-0.1, -0.05) is 6.07 Å². The second-order valence-electron chi connectivity index (χ2n) is 5.08. The van der Waals surface area contributed by atoms with E-state index in [4.69, 9.17) is 16.2 Å². The van der Waals surface area contributed by atoms with Gasteiger partial charge in [-0.05, 0) is 23.8 Å². The van der Waals surface area contributed by atoms with Crippen molar-refractivity contribution in [2.75, 3.05) is 11.5 Å². The van der Waals surface area contributed by atoms with Gasteiger partial charge in [0.05, 0.1) is 16.3 Å². The van der Waals surface area contributed by atoms with Crippen molar-refractivity contribution in [1.82, 2.24) is 0 Å². The van der Waals surface area contributed by atoms with Crippen molar-refractivity contribution in [2.45, 2.75) is 13.0 Å². The summed E-state index contributed by atoms with van der Waals surface area (Å²) in [7, 11) is 0. The number of nitro groups is 2. The summed E-state index contributed by atoms with van der Waals surface area (Å²) < 4.78 is 4.96. The highest BCUT2D eigenvalue weighted by Gasteiger charge is 2.25. The molecular formula is C15H14N4O6. The summed E-state index contributed by atoms with van der Waals surface area (Å²) in [5.41, 5.74) is 11.2. The summed E-state index contributed by atoms with van der Waals surface area (Å²) in [6, 6.07) is 8.00. The molecule has 0 aliphatic carbocycles. The smallest absolute Gasteiger partial charge is 0.310 e. The monoisotopic (exact) mass is 346 g/mol. The van der Waals surface area contributed by atoms with Crippen LogP contribution < -0.4 is 11.5 Å². The van der Waals surface area contributed by atoms with Gasteiger partial charge < -0.3 is 16.2 Å². The second kappa shape index (κ2) is 7.25. The zero-order valence-corrected chi connectivity index (χ0v) is 12.9. The Morgan fingerprint density at radius 3 is 2.16 bits per heavy atom. The van der Waals surface area contributed by atoms with Crippen LogP contribution in [0, 0.1) is 20.2 Å². The van der Waals surface area contributed by atoms with Crippen LogP contribution in [-0.2, 0) is 22.6 Å². The SMILES string of the molecule is Nc1ccc(CC(=O)OCc2c([N+](=O)[O-])cccc2[N+](=O)[O-])c(N)c1. The molecule has 2 aromatic rings. The van der Waals surface area contributed by atoms with Crippen molar-refractivity contribution in [2.24, 2.45) is 0 Å². The first-order valence-corrected chi connectivity index (χ1v) is 6.99. The fourth-order valence-electron chi connectivity index (χ4n) is 2.19. The first-order valence-electron chi connectivity index (χ1n) is 6.99. The molecule has 0 unspecified atom stereocenters. The van der Waals surface area contributed by atoms with Gasteiger partial charge in [0.25, 0.3) is 11.4 Å². The van der Waals surface area contributed by atoms with Crippen molar-refractivity contribution >= 4 is 28.7 Å². The fraction of sp³-hybridized carbons (Fsp3) is 0.133. The van der Waals surface area contributed by atoms with E-state index in [-0.39, 0.29) is 12.0 Å². The molecule has 0 aliphatic rings. The lowest BCUT2D eigenvalue weighted by Crippen LogP contribution is -2.11. The molecule has 4 N–H and O–H groups in total. The molecular weight excluding hydrogens is 332 g/mol. The Bertz CT molecular complexity index is 820. The molecule has 0 bridgehead atoms. The van der Waals surface area contributed by atoms with E-state index in [0.29, 0.717) is 16.9 Å². The van der Waals surface area contributed by atoms with Crippen molar-refractivity contribution in [1.29, 1.82) is 0 Å². The van der Waals surface area contributed by atoms with Crippen molar-refractivity contribution in [3.63, 3.8) is 0 Å². The topological polar surface area (TPSA) is 165 Å². The minimum Gasteiger partial charge on any atom is -0.460 e. The summed E-state index contributed by atoms with van der Waals surface area (Å²) in [4.78, 5) is 32.4. The minimum absolute atomic E-state index is 0.194. The maximum absolute atomic E-state index is 11.9. The van der Waals surface area contributed by atoms with Gasteiger partial charge in [0, 0.05) is 23.5 Å². The second-order valence-corrected chi connectivity index (χ2v) is 5.08. The number of hydrogen-bond acceptors (Lipinski definition) is 8. The van der Waals surface area contributed by atoms with Crippen molar-refractivity contribution in [3.05, 3.63) is 67.8 Å². The molecule has 0 aromatic heterocycles. The molecule has 0 spiro atoms. The van der Waals surface area contributed by atoms with Gasteiger partial charge in [-0.2, -0.15) is 0 Å². The number of nitrogen functional groups attached to an aromatic ring is 2. The Hall–Kier alpha value is -3.69. The van der Waals surface area contributed by atoms with E-state index in [9.17, 15) is 25.0 Å². The average molecular weight is 346 g/mol. The predicted octanol–water partition coefficient (Wildman–Crippen LogP) is 1.95. The van der Waals surface area contributed by atoms with E-state index >= 15 is 0 Å². The fourth-order valence-corrected chi connectivity index (χ4v) is 2.19. The molecule has 0 amide bonds. The van der Waals surface area contributed by atoms with Gasteiger partial charge in [-0.3, -0.25) is 25.0 Å². The molecule has 0 heterocycles. The van der Waals surface area contributed by atoms with Crippen molar-refractivity contribution in [3.8, 4) is 0 Å². The number of ether oxygens (including phenoxy) is 1. The first kappa shape index (κ1) is 17.7. The lowest BCUT2D eigenvalue weighted by atomic mass is 10.1. The third kappa shape index (κ3) is 4.19. The average Bonchev–Trinajstić information content (AvgIpc) is 2.55. The number of rotatable bonds is 6. The summed E-state index contributed by atoms with van der Waals surface area (Å²) in [5, 5.41) is 22.0. The molecule has 0 saturated heterocycles. The van der Waals surface area contributed by atoms with Crippen LogP contribution in [0.1, 0.15) is 11.1 Å². The zero-order valence-electron chi connectivity index (χ0n) is 12.9. The van der Waals surface area contributed by atoms with Crippen LogP contribution in [0.25, 0.3) is 0 Å². The number of nitro benzene ring substituents is 2. The van der Waals surface area contributed by atoms with E-state index in [1.54, 1.807) is 12.1 Å². The predicted molar refractivity (Wildman–Crippen MR) is 88.5 cm³/mol. The van der Waals surface area contributed by atoms with E-state index in [0.717, 1.165) is 12.1 Å². The lowest BCUT2D eigenvalue weighted by molar-refractivity contribution is -0.396. The molecule has 25 heavy (non-hydrogen) atoms. The van der Waals surface area contributed by atoms with Gasteiger partial charge >= 0.3 is 5.97 Å². The summed E-state index contributed by atoms with van der Waals surface area (Å²) in [6.07, 6.45) is -0.194. The number of nitrogens with two attached hydrogens (primary N) is 2. The van der Waals surface area contributed by atoms with E-state index in [1.807, 2.05) is 0 Å². The Morgan fingerprint density at radius 1 is 1.04 bits per heavy atom. The zero-order chi connectivity index (χ0) is 18.6. The molecule has 0 saturated carbocycles. The number of nitrogens with zero attached hydrogens (tertiary/aromatic N) is 2. The van der Waals surface area contributed by atoms with Crippen LogP contribution in [0.4, 0.5) is 22.7 Å². The number of carbonyl (C=O) groups excluding carboxylic acids is 1. The van der Waals surface area contributed by atoms with E-state index in [1.165, 1.54) is 12.1 Å². The maximum atomic E-state index is 11.9. The largest absolute Gasteiger partial charge is 0.460 e. The van der Waals surface area contributed by atoms with Gasteiger partial charge in [-0.15, -0.1) is 0 Å². The summed E-state index contributed by atoms with van der Waals surface area (Å²) >= 11 is 0. The molecule has 0 fully saturated rings. The highest BCUT2D eigenvalue weighted by Crippen LogP contribution is 2.29. The number of hydrogen-bond donors (Lipinski definition) is 2. The van der Waals surface area contributed by atoms with Crippen LogP contribution in [0.15, 0.2) is 36.4 Å². The molecule has 0 atom stereocenters. The minimum atomic E-state index is -0.770. The Morgan fingerprint density at radius 2 is 1.64 bits per heavy atom. The normalized spacial score (nSPS) is 10.2. The van der Waals surface area contributed by atoms with Gasteiger partial charge in [0.15, 0.2) is 0 Å². The van der Waals surface area contributed by atoms with Gasteiger partial charge in [0.2, 0.25) is 0 Å². The van der Waals surface area contributed by atoms with Crippen LogP contribution in [-0.4, -0.2) is 15.8 Å². The quantitative estimate of drug-likeness (QED) is 0.346. The molecule has 130 valence electrons. The number of esters is 1. The Kier molecular flexibility index (Phi) is 5.12. The van der Waals surface area contributed by atoms with Gasteiger partial charge in [-0.25, -0.2) is 0 Å². The summed E-state index contributed by atoms with van der Waals surface area (Å²) in [6.45, 7) is -0.596. The van der Waals surface area contributed by atoms with Crippen LogP contribution >= 0.6 is 0 Å². The Balaban J connectivity index is 2.16. The molecule has 2 aromatic carbocycles. The molecule has 10 heteroatoms. The third-order valence-corrected chi connectivity index (χ3v) is 3.40. The lowest BCUT2D eigenvalue weighted by Gasteiger charge is -2.08. The van der Waals surface area contributed by atoms with Crippen LogP contribution in [0.2, 0.25) is 0 Å². The highest BCUT2D eigenvalue weighted by atomic mass is 16.6. The maximum Gasteiger partial charge on any atom is 0.310 e. The van der Waals surface area contributed by atoms with Crippen LogP contribution in [0.5, 0.6) is 0 Å². The number of anilines is 2.